The normalized spacial score (nSPS) is 12.7. The Kier molecular flexibility index (Phi) is 5.16. The van der Waals surface area contributed by atoms with Crippen LogP contribution in [0.4, 0.5) is 5.69 Å². The van der Waals surface area contributed by atoms with Crippen LogP contribution in [0.1, 0.15) is 21.5 Å². The molecule has 2 N–H and O–H groups in total. The van der Waals surface area contributed by atoms with Gasteiger partial charge in [-0.3, -0.25) is 4.79 Å². The summed E-state index contributed by atoms with van der Waals surface area (Å²) in [6, 6.07) is 9.50. The third-order valence-electron chi connectivity index (χ3n) is 3.54. The second-order valence-corrected chi connectivity index (χ2v) is 8.60. The highest BCUT2D eigenvalue weighted by atomic mass is 32.2. The van der Waals surface area contributed by atoms with Crippen molar-refractivity contribution in [2.24, 2.45) is 0 Å². The lowest BCUT2D eigenvalue weighted by Crippen LogP contribution is -2.12. The van der Waals surface area contributed by atoms with Crippen LogP contribution in [0, 0.1) is 0 Å². The molecule has 26 heavy (non-hydrogen) atoms. The van der Waals surface area contributed by atoms with Gasteiger partial charge in [0.1, 0.15) is 6.10 Å². The van der Waals surface area contributed by atoms with Crippen LogP contribution in [0.5, 0.6) is 0 Å². The summed E-state index contributed by atoms with van der Waals surface area (Å²) in [5.74, 6) is -0.478. The van der Waals surface area contributed by atoms with Crippen molar-refractivity contribution in [2.75, 3.05) is 11.6 Å². The molecule has 0 aliphatic carbocycles. The molecular weight excluding hydrogens is 376 g/mol. The molecule has 2 heterocycles. The Morgan fingerprint density at radius 2 is 2.04 bits per heavy atom. The van der Waals surface area contributed by atoms with Gasteiger partial charge in [-0.15, -0.1) is 16.4 Å². The van der Waals surface area contributed by atoms with Gasteiger partial charge in [0.25, 0.3) is 5.91 Å². The smallest absolute Gasteiger partial charge is 0.277 e. The number of aliphatic hydroxyl groups is 1. The van der Waals surface area contributed by atoms with E-state index < -0.39 is 21.8 Å². The number of rotatable bonds is 6. The van der Waals surface area contributed by atoms with Crippen LogP contribution in [0.2, 0.25) is 0 Å². The minimum absolute atomic E-state index is 0.0931. The standard InChI is InChI=1S/C16H16N4O4S2/c1-26(23,24)12-6-4-11(5-7-12)17-16(22)13-9-20(19-18-13)10-14(21)15-3-2-8-25-15/h2-9,14,21H,10H2,1H3,(H,17,22)/t14-/m0/s1. The summed E-state index contributed by atoms with van der Waals surface area (Å²) in [5.41, 5.74) is 0.533. The van der Waals surface area contributed by atoms with Gasteiger partial charge in [0.05, 0.1) is 17.6 Å². The predicted molar refractivity (Wildman–Crippen MR) is 96.8 cm³/mol. The van der Waals surface area contributed by atoms with E-state index in [0.717, 1.165) is 11.1 Å². The number of aromatic nitrogens is 3. The maximum Gasteiger partial charge on any atom is 0.277 e. The number of hydrogen-bond acceptors (Lipinski definition) is 7. The summed E-state index contributed by atoms with van der Waals surface area (Å²) in [4.78, 5) is 13.2. The summed E-state index contributed by atoms with van der Waals surface area (Å²) in [6.07, 6.45) is 1.83. The molecule has 136 valence electrons. The van der Waals surface area contributed by atoms with Crippen LogP contribution in [0.15, 0.2) is 52.9 Å². The maximum atomic E-state index is 12.2. The lowest BCUT2D eigenvalue weighted by molar-refractivity contribution is 0.102. The topological polar surface area (TPSA) is 114 Å². The molecule has 1 aromatic carbocycles. The average molecular weight is 392 g/mol. The number of nitrogens with zero attached hydrogens (tertiary/aromatic N) is 3. The lowest BCUT2D eigenvalue weighted by atomic mass is 10.3. The van der Waals surface area contributed by atoms with Crippen molar-refractivity contribution >= 4 is 32.8 Å². The predicted octanol–water partition coefficient (Wildman–Crippen LogP) is 1.73. The van der Waals surface area contributed by atoms with Crippen LogP contribution < -0.4 is 5.32 Å². The molecule has 0 fully saturated rings. The van der Waals surface area contributed by atoms with Gasteiger partial charge in [0.15, 0.2) is 15.5 Å². The van der Waals surface area contributed by atoms with Crippen LogP contribution >= 0.6 is 11.3 Å². The summed E-state index contributed by atoms with van der Waals surface area (Å²) in [5, 5.41) is 22.2. The highest BCUT2D eigenvalue weighted by molar-refractivity contribution is 7.90. The van der Waals surface area contributed by atoms with Crippen LogP contribution in [0.3, 0.4) is 0 Å². The highest BCUT2D eigenvalue weighted by Crippen LogP contribution is 2.20. The van der Waals surface area contributed by atoms with Gasteiger partial charge < -0.3 is 10.4 Å². The number of nitrogens with one attached hydrogen (secondary N) is 1. The van der Waals surface area contributed by atoms with Crippen molar-refractivity contribution in [1.82, 2.24) is 15.0 Å². The number of carbonyl (C=O) groups is 1. The molecule has 0 saturated carbocycles. The zero-order valence-corrected chi connectivity index (χ0v) is 15.4. The minimum Gasteiger partial charge on any atom is -0.386 e. The maximum absolute atomic E-state index is 12.2. The zero-order chi connectivity index (χ0) is 18.7. The number of aliphatic hydroxyl groups excluding tert-OH is 1. The molecule has 10 heteroatoms. The fourth-order valence-electron chi connectivity index (χ4n) is 2.22. The number of benzene rings is 1. The van der Waals surface area contributed by atoms with Crippen molar-refractivity contribution in [3.8, 4) is 0 Å². The molecule has 0 aliphatic rings. The molecule has 0 saturated heterocycles. The Labute approximate surface area is 154 Å². The molecule has 1 atom stereocenters. The van der Waals surface area contributed by atoms with Crippen LogP contribution in [0.25, 0.3) is 0 Å². The van der Waals surface area contributed by atoms with Crippen molar-refractivity contribution in [2.45, 2.75) is 17.5 Å². The second-order valence-electron chi connectivity index (χ2n) is 5.61. The molecule has 8 nitrogen and oxygen atoms in total. The Balaban J connectivity index is 1.64. The van der Waals surface area contributed by atoms with Gasteiger partial charge in [0, 0.05) is 16.8 Å². The fraction of sp³-hybridized carbons (Fsp3) is 0.188. The van der Waals surface area contributed by atoms with Gasteiger partial charge in [-0.1, -0.05) is 11.3 Å². The van der Waals surface area contributed by atoms with Crippen LogP contribution in [-0.2, 0) is 16.4 Å². The van der Waals surface area contributed by atoms with Gasteiger partial charge in [-0.25, -0.2) is 13.1 Å². The SMILES string of the molecule is CS(=O)(=O)c1ccc(NC(=O)c2cn(C[C@H](O)c3cccs3)nn2)cc1. The monoisotopic (exact) mass is 392 g/mol. The quantitative estimate of drug-likeness (QED) is 0.660. The third-order valence-corrected chi connectivity index (χ3v) is 5.65. The van der Waals surface area contributed by atoms with Gasteiger partial charge in [0.2, 0.25) is 0 Å². The van der Waals surface area contributed by atoms with Crippen molar-refractivity contribution in [1.29, 1.82) is 0 Å². The molecule has 3 rings (SSSR count). The Bertz CT molecular complexity index is 995. The molecule has 0 aliphatic heterocycles. The van der Waals surface area contributed by atoms with E-state index in [1.807, 2.05) is 17.5 Å². The molecular formula is C16H16N4O4S2. The number of anilines is 1. The minimum atomic E-state index is -3.29. The largest absolute Gasteiger partial charge is 0.386 e. The van der Waals surface area contributed by atoms with Crippen LogP contribution in [-0.4, -0.2) is 40.7 Å². The average Bonchev–Trinajstić information content (AvgIpc) is 3.26. The summed E-state index contributed by atoms with van der Waals surface area (Å²) in [7, 11) is -3.29. The zero-order valence-electron chi connectivity index (χ0n) is 13.7. The Morgan fingerprint density at radius 3 is 2.65 bits per heavy atom. The fourth-order valence-corrected chi connectivity index (χ4v) is 3.55. The van der Waals surface area contributed by atoms with E-state index >= 15 is 0 Å². The first-order chi connectivity index (χ1) is 12.3. The van der Waals surface area contributed by atoms with Gasteiger partial charge in [-0.2, -0.15) is 0 Å². The molecule has 2 aromatic heterocycles. The summed E-state index contributed by atoms with van der Waals surface area (Å²) in [6.45, 7) is 0.184. The highest BCUT2D eigenvalue weighted by Gasteiger charge is 2.15. The first-order valence-electron chi connectivity index (χ1n) is 7.56. The molecule has 1 amide bonds. The van der Waals surface area contributed by atoms with Crippen molar-refractivity contribution < 1.29 is 18.3 Å². The van der Waals surface area contributed by atoms with E-state index in [1.165, 1.54) is 46.5 Å². The molecule has 3 aromatic rings. The van der Waals surface area contributed by atoms with E-state index in [4.69, 9.17) is 0 Å². The van der Waals surface area contributed by atoms with E-state index in [9.17, 15) is 18.3 Å². The first-order valence-corrected chi connectivity index (χ1v) is 10.3. The summed E-state index contributed by atoms with van der Waals surface area (Å²) >= 11 is 1.43. The Morgan fingerprint density at radius 1 is 1.31 bits per heavy atom. The van der Waals surface area contributed by atoms with E-state index in [0.29, 0.717) is 5.69 Å². The van der Waals surface area contributed by atoms with Gasteiger partial charge in [-0.05, 0) is 35.7 Å². The number of carbonyl (C=O) groups excluding carboxylic acids is 1. The third kappa shape index (κ3) is 4.34. The lowest BCUT2D eigenvalue weighted by Gasteiger charge is -2.07. The van der Waals surface area contributed by atoms with E-state index in [1.54, 1.807) is 0 Å². The number of sulfone groups is 1. The number of thiophene rings is 1. The van der Waals surface area contributed by atoms with E-state index in [-0.39, 0.29) is 17.1 Å². The number of hydrogen-bond donors (Lipinski definition) is 2. The van der Waals surface area contributed by atoms with E-state index in [2.05, 4.69) is 15.6 Å². The van der Waals surface area contributed by atoms with Crippen molar-refractivity contribution in [3.05, 3.63) is 58.5 Å². The molecule has 0 spiro atoms. The summed E-state index contributed by atoms with van der Waals surface area (Å²) < 4.78 is 24.3. The molecule has 0 unspecified atom stereocenters. The van der Waals surface area contributed by atoms with Gasteiger partial charge >= 0.3 is 0 Å². The number of amides is 1. The first kappa shape index (κ1) is 18.2. The Hall–Kier alpha value is -2.56. The second kappa shape index (κ2) is 7.36. The van der Waals surface area contributed by atoms with Crippen molar-refractivity contribution in [3.63, 3.8) is 0 Å². The molecule has 0 bridgehead atoms. The molecule has 0 radical (unpaired) electrons.